The Hall–Kier alpha value is -2.33. The molecule has 1 N–H and O–H groups in total. The SMILES string of the molecule is Cc1ccc(CNC(=O)c2ccc3c(c2)CN(C(C)C)CCO3)cc1. The standard InChI is InChI=1S/C21H26N2O2/c1-15(2)23-10-11-25-20-9-8-18(12-19(20)14-23)21(24)22-13-17-6-4-16(3)5-7-17/h4-9,12,15H,10-11,13-14H2,1-3H3,(H,22,24). The lowest BCUT2D eigenvalue weighted by molar-refractivity contribution is 0.0950. The van der Waals surface area contributed by atoms with Crippen molar-refractivity contribution in [1.29, 1.82) is 0 Å². The average molecular weight is 338 g/mol. The predicted molar refractivity (Wildman–Crippen MR) is 99.8 cm³/mol. The first-order valence-corrected chi connectivity index (χ1v) is 8.86. The highest BCUT2D eigenvalue weighted by Gasteiger charge is 2.19. The van der Waals surface area contributed by atoms with Crippen molar-refractivity contribution in [2.75, 3.05) is 13.2 Å². The highest BCUT2D eigenvalue weighted by atomic mass is 16.5. The number of carbonyl (C=O) groups excluding carboxylic acids is 1. The summed E-state index contributed by atoms with van der Waals surface area (Å²) in [5.74, 6) is 0.835. The van der Waals surface area contributed by atoms with Crippen LogP contribution in [0.4, 0.5) is 0 Å². The monoisotopic (exact) mass is 338 g/mol. The minimum absolute atomic E-state index is 0.0521. The molecule has 0 radical (unpaired) electrons. The van der Waals surface area contributed by atoms with Gasteiger partial charge in [-0.2, -0.15) is 0 Å². The summed E-state index contributed by atoms with van der Waals surface area (Å²) in [5.41, 5.74) is 4.08. The molecule has 0 fully saturated rings. The summed E-state index contributed by atoms with van der Waals surface area (Å²) in [7, 11) is 0. The summed E-state index contributed by atoms with van der Waals surface area (Å²) in [6.07, 6.45) is 0. The maximum Gasteiger partial charge on any atom is 0.251 e. The lowest BCUT2D eigenvalue weighted by Gasteiger charge is -2.23. The van der Waals surface area contributed by atoms with Crippen molar-refractivity contribution >= 4 is 5.91 Å². The molecular formula is C21H26N2O2. The van der Waals surface area contributed by atoms with E-state index in [-0.39, 0.29) is 5.91 Å². The van der Waals surface area contributed by atoms with Crippen molar-refractivity contribution in [3.05, 3.63) is 64.7 Å². The predicted octanol–water partition coefficient (Wildman–Crippen LogP) is 3.53. The summed E-state index contributed by atoms with van der Waals surface area (Å²) in [6.45, 7) is 9.36. The Morgan fingerprint density at radius 2 is 1.96 bits per heavy atom. The van der Waals surface area contributed by atoms with Gasteiger partial charge in [0.2, 0.25) is 0 Å². The molecule has 1 amide bonds. The molecule has 0 aromatic heterocycles. The van der Waals surface area contributed by atoms with Crippen molar-refractivity contribution in [1.82, 2.24) is 10.2 Å². The van der Waals surface area contributed by atoms with Gasteiger partial charge in [0.15, 0.2) is 0 Å². The van der Waals surface area contributed by atoms with Gasteiger partial charge in [-0.15, -0.1) is 0 Å². The van der Waals surface area contributed by atoms with Crippen LogP contribution >= 0.6 is 0 Å². The Balaban J connectivity index is 1.70. The third-order valence-electron chi connectivity index (χ3n) is 4.64. The molecule has 132 valence electrons. The molecule has 2 aromatic carbocycles. The molecule has 0 saturated heterocycles. The number of hydrogen-bond donors (Lipinski definition) is 1. The van der Waals surface area contributed by atoms with Crippen LogP contribution in [0.25, 0.3) is 0 Å². The maximum atomic E-state index is 12.5. The van der Waals surface area contributed by atoms with Gasteiger partial charge in [-0.3, -0.25) is 9.69 Å². The summed E-state index contributed by atoms with van der Waals surface area (Å²) in [5, 5.41) is 3.00. The zero-order valence-corrected chi connectivity index (χ0v) is 15.2. The second-order valence-corrected chi connectivity index (χ2v) is 6.90. The number of hydrogen-bond acceptors (Lipinski definition) is 3. The zero-order chi connectivity index (χ0) is 17.8. The van der Waals surface area contributed by atoms with Crippen LogP contribution in [-0.2, 0) is 13.1 Å². The Labute approximate surface area is 149 Å². The van der Waals surface area contributed by atoms with E-state index in [0.29, 0.717) is 24.8 Å². The molecule has 0 bridgehead atoms. The van der Waals surface area contributed by atoms with Crippen LogP contribution < -0.4 is 10.1 Å². The normalized spacial score (nSPS) is 14.6. The Kier molecular flexibility index (Phi) is 5.39. The van der Waals surface area contributed by atoms with Crippen LogP contribution in [0.15, 0.2) is 42.5 Å². The number of carbonyl (C=O) groups is 1. The minimum Gasteiger partial charge on any atom is -0.492 e. The molecule has 0 atom stereocenters. The van der Waals surface area contributed by atoms with Crippen LogP contribution in [0, 0.1) is 6.92 Å². The Bertz CT molecular complexity index is 738. The van der Waals surface area contributed by atoms with Gasteiger partial charge in [-0.25, -0.2) is 0 Å². The van der Waals surface area contributed by atoms with Gasteiger partial charge in [0.25, 0.3) is 5.91 Å². The van der Waals surface area contributed by atoms with Gasteiger partial charge in [0.05, 0.1) is 0 Å². The van der Waals surface area contributed by atoms with Gasteiger partial charge in [0.1, 0.15) is 12.4 Å². The quantitative estimate of drug-likeness (QED) is 0.927. The van der Waals surface area contributed by atoms with Crippen LogP contribution in [0.3, 0.4) is 0 Å². The number of rotatable bonds is 4. The Morgan fingerprint density at radius 3 is 2.68 bits per heavy atom. The highest BCUT2D eigenvalue weighted by molar-refractivity contribution is 5.94. The van der Waals surface area contributed by atoms with Crippen LogP contribution in [0.5, 0.6) is 5.75 Å². The van der Waals surface area contributed by atoms with E-state index in [9.17, 15) is 4.79 Å². The van der Waals surface area contributed by atoms with E-state index in [4.69, 9.17) is 4.74 Å². The van der Waals surface area contributed by atoms with E-state index in [1.54, 1.807) is 0 Å². The fraction of sp³-hybridized carbons (Fsp3) is 0.381. The van der Waals surface area contributed by atoms with Gasteiger partial charge in [-0.1, -0.05) is 29.8 Å². The van der Waals surface area contributed by atoms with Crippen LogP contribution in [0.2, 0.25) is 0 Å². The average Bonchev–Trinajstić information content (AvgIpc) is 2.82. The van der Waals surface area contributed by atoms with E-state index in [1.807, 2.05) is 30.3 Å². The fourth-order valence-electron chi connectivity index (χ4n) is 2.99. The number of amides is 1. The summed E-state index contributed by atoms with van der Waals surface area (Å²) in [6, 6.07) is 14.4. The van der Waals surface area contributed by atoms with E-state index in [1.165, 1.54) is 5.56 Å². The molecular weight excluding hydrogens is 312 g/mol. The minimum atomic E-state index is -0.0521. The topological polar surface area (TPSA) is 41.6 Å². The molecule has 4 heteroatoms. The smallest absolute Gasteiger partial charge is 0.251 e. The maximum absolute atomic E-state index is 12.5. The molecule has 4 nitrogen and oxygen atoms in total. The number of benzene rings is 2. The molecule has 0 saturated carbocycles. The molecule has 25 heavy (non-hydrogen) atoms. The number of fused-ring (bicyclic) bond motifs is 1. The number of nitrogens with one attached hydrogen (secondary N) is 1. The van der Waals surface area contributed by atoms with E-state index in [0.717, 1.165) is 30.0 Å². The van der Waals surface area contributed by atoms with Crippen LogP contribution in [0.1, 0.15) is 40.9 Å². The lowest BCUT2D eigenvalue weighted by Crippen LogP contribution is -2.32. The van der Waals surface area contributed by atoms with Gasteiger partial charge in [0, 0.05) is 36.8 Å². The van der Waals surface area contributed by atoms with Crippen molar-refractivity contribution in [3.63, 3.8) is 0 Å². The third-order valence-corrected chi connectivity index (χ3v) is 4.64. The van der Waals surface area contributed by atoms with Crippen LogP contribution in [-0.4, -0.2) is 30.0 Å². The summed E-state index contributed by atoms with van der Waals surface area (Å²) < 4.78 is 5.83. The lowest BCUT2D eigenvalue weighted by atomic mass is 10.1. The zero-order valence-electron chi connectivity index (χ0n) is 15.2. The number of aryl methyl sites for hydroxylation is 1. The van der Waals surface area contributed by atoms with Gasteiger partial charge in [-0.05, 0) is 44.5 Å². The number of nitrogens with zero attached hydrogens (tertiary/aromatic N) is 1. The first kappa shape index (κ1) is 17.5. The van der Waals surface area contributed by atoms with Crippen molar-refractivity contribution < 1.29 is 9.53 Å². The van der Waals surface area contributed by atoms with Crippen molar-refractivity contribution in [2.24, 2.45) is 0 Å². The fourth-order valence-corrected chi connectivity index (χ4v) is 2.99. The largest absolute Gasteiger partial charge is 0.492 e. The van der Waals surface area contributed by atoms with Gasteiger partial charge >= 0.3 is 0 Å². The summed E-state index contributed by atoms with van der Waals surface area (Å²) in [4.78, 5) is 14.9. The molecule has 0 spiro atoms. The number of ether oxygens (including phenoxy) is 1. The van der Waals surface area contributed by atoms with E-state index in [2.05, 4.69) is 43.1 Å². The molecule has 2 aromatic rings. The molecule has 1 aliphatic rings. The molecule has 1 heterocycles. The Morgan fingerprint density at radius 1 is 1.20 bits per heavy atom. The van der Waals surface area contributed by atoms with Gasteiger partial charge < -0.3 is 10.1 Å². The molecule has 0 aliphatic carbocycles. The highest BCUT2D eigenvalue weighted by Crippen LogP contribution is 2.25. The second kappa shape index (κ2) is 7.70. The molecule has 1 aliphatic heterocycles. The summed E-state index contributed by atoms with van der Waals surface area (Å²) >= 11 is 0. The van der Waals surface area contributed by atoms with E-state index < -0.39 is 0 Å². The third kappa shape index (κ3) is 4.40. The molecule has 3 rings (SSSR count). The van der Waals surface area contributed by atoms with Crippen molar-refractivity contribution in [2.45, 2.75) is 39.9 Å². The molecule has 0 unspecified atom stereocenters. The first-order valence-electron chi connectivity index (χ1n) is 8.86. The van der Waals surface area contributed by atoms with E-state index >= 15 is 0 Å². The first-order chi connectivity index (χ1) is 12.0. The second-order valence-electron chi connectivity index (χ2n) is 6.90. The van der Waals surface area contributed by atoms with Crippen molar-refractivity contribution in [3.8, 4) is 5.75 Å².